The van der Waals surface area contributed by atoms with E-state index in [1.807, 2.05) is 6.92 Å². The second kappa shape index (κ2) is 5.08. The van der Waals surface area contributed by atoms with Gasteiger partial charge in [0.15, 0.2) is 0 Å². The fourth-order valence-corrected chi connectivity index (χ4v) is 3.48. The zero-order valence-electron chi connectivity index (χ0n) is 12.4. The van der Waals surface area contributed by atoms with E-state index in [1.165, 1.54) is 0 Å². The summed E-state index contributed by atoms with van der Waals surface area (Å²) in [4.78, 5) is 0. The van der Waals surface area contributed by atoms with E-state index < -0.39 is 5.41 Å². The van der Waals surface area contributed by atoms with Gasteiger partial charge in [-0.1, -0.05) is 13.3 Å². The van der Waals surface area contributed by atoms with Crippen LogP contribution in [0, 0.1) is 11.3 Å². The Labute approximate surface area is 123 Å². The Kier molecular flexibility index (Phi) is 3.38. The third-order valence-electron chi connectivity index (χ3n) is 4.60. The second-order valence-electron chi connectivity index (χ2n) is 5.67. The lowest BCUT2D eigenvalue weighted by atomic mass is 9.68. The molecule has 1 fully saturated rings. The third-order valence-corrected chi connectivity index (χ3v) is 4.60. The van der Waals surface area contributed by atoms with Crippen molar-refractivity contribution in [2.45, 2.75) is 51.0 Å². The molecule has 1 aromatic heterocycles. The van der Waals surface area contributed by atoms with Crippen LogP contribution in [0.5, 0.6) is 5.88 Å². The topological polar surface area (TPSA) is 97.0 Å². The quantitative estimate of drug-likeness (QED) is 0.885. The van der Waals surface area contributed by atoms with Crippen LogP contribution >= 0.6 is 0 Å². The Morgan fingerprint density at radius 2 is 2.38 bits per heavy atom. The van der Waals surface area contributed by atoms with Gasteiger partial charge in [-0.25, -0.2) is 0 Å². The highest BCUT2D eigenvalue weighted by atomic mass is 16.5. The Bertz CT molecular complexity index is 628. The van der Waals surface area contributed by atoms with Gasteiger partial charge in [0, 0.05) is 12.3 Å². The fourth-order valence-electron chi connectivity index (χ4n) is 3.48. The number of nitrogens with zero attached hydrogens (tertiary/aromatic N) is 2. The van der Waals surface area contributed by atoms with Crippen LogP contribution in [0.4, 0.5) is 0 Å². The fraction of sp³-hybridized carbons (Fsp3) is 0.600. The van der Waals surface area contributed by atoms with E-state index in [0.717, 1.165) is 36.9 Å². The number of fused-ring (bicyclic) bond motifs is 2. The molecule has 1 spiro atoms. The summed E-state index contributed by atoms with van der Waals surface area (Å²) in [6, 6.07) is 2.24. The molecule has 6 heteroatoms. The number of hydrogen-bond donors (Lipinski definition) is 2. The molecule has 2 aliphatic heterocycles. The largest absolute Gasteiger partial charge is 0.420 e. The van der Waals surface area contributed by atoms with Gasteiger partial charge in [-0.05, 0) is 26.2 Å². The lowest BCUT2D eigenvalue weighted by Gasteiger charge is -2.35. The average Bonchev–Trinajstić information content (AvgIpc) is 3.02. The summed E-state index contributed by atoms with van der Waals surface area (Å²) in [6.45, 7) is 4.75. The van der Waals surface area contributed by atoms with Crippen molar-refractivity contribution < 1.29 is 9.47 Å². The van der Waals surface area contributed by atoms with Gasteiger partial charge >= 0.3 is 0 Å². The van der Waals surface area contributed by atoms with Crippen LogP contribution in [0.3, 0.4) is 0 Å². The number of rotatable bonds is 3. The molecule has 0 radical (unpaired) electrons. The molecule has 1 saturated heterocycles. The number of nitrogens with two attached hydrogens (primary N) is 1. The highest BCUT2D eigenvalue weighted by Crippen LogP contribution is 2.51. The maximum atomic E-state index is 9.58. The summed E-state index contributed by atoms with van der Waals surface area (Å²) in [5.74, 6) is 0.644. The lowest BCUT2D eigenvalue weighted by Crippen LogP contribution is -2.41. The molecular formula is C15H20N4O2. The molecule has 3 heterocycles. The van der Waals surface area contributed by atoms with Gasteiger partial charge in [-0.2, -0.15) is 5.26 Å². The molecule has 2 atom stereocenters. The maximum absolute atomic E-state index is 9.58. The van der Waals surface area contributed by atoms with E-state index in [9.17, 15) is 5.26 Å². The van der Waals surface area contributed by atoms with Gasteiger partial charge in [0.2, 0.25) is 11.8 Å². The first kappa shape index (κ1) is 14.0. The molecule has 0 unspecified atom stereocenters. The summed E-state index contributed by atoms with van der Waals surface area (Å²) >= 11 is 0. The minimum atomic E-state index is -0.525. The van der Waals surface area contributed by atoms with Crippen LogP contribution in [-0.2, 0) is 16.6 Å². The van der Waals surface area contributed by atoms with E-state index in [1.54, 1.807) is 0 Å². The van der Waals surface area contributed by atoms with E-state index in [2.05, 4.69) is 23.2 Å². The number of nitrogens with one attached hydrogen (secondary N) is 1. The van der Waals surface area contributed by atoms with Crippen molar-refractivity contribution in [1.82, 2.24) is 10.2 Å². The second-order valence-corrected chi connectivity index (χ2v) is 5.67. The van der Waals surface area contributed by atoms with Crippen LogP contribution < -0.4 is 10.5 Å². The van der Waals surface area contributed by atoms with Crippen molar-refractivity contribution in [3.8, 4) is 11.9 Å². The van der Waals surface area contributed by atoms with E-state index >= 15 is 0 Å². The number of aromatic amines is 1. The third kappa shape index (κ3) is 1.84. The number of H-pyrrole nitrogens is 1. The van der Waals surface area contributed by atoms with E-state index in [0.29, 0.717) is 18.1 Å². The molecule has 2 aliphatic rings. The molecule has 0 aromatic carbocycles. The molecule has 112 valence electrons. The van der Waals surface area contributed by atoms with Crippen molar-refractivity contribution >= 4 is 0 Å². The number of hydrogen-bond acceptors (Lipinski definition) is 5. The minimum absolute atomic E-state index is 0.119. The van der Waals surface area contributed by atoms with Crippen LogP contribution in [0.25, 0.3) is 0 Å². The molecule has 6 nitrogen and oxygen atoms in total. The summed E-state index contributed by atoms with van der Waals surface area (Å²) in [5.41, 5.74) is 7.90. The minimum Gasteiger partial charge on any atom is -0.420 e. The molecule has 21 heavy (non-hydrogen) atoms. The van der Waals surface area contributed by atoms with Gasteiger partial charge in [0.05, 0.1) is 17.1 Å². The predicted molar refractivity (Wildman–Crippen MR) is 76.4 cm³/mol. The molecular weight excluding hydrogens is 268 g/mol. The molecule has 0 bridgehead atoms. The molecule has 0 aliphatic carbocycles. The van der Waals surface area contributed by atoms with Gasteiger partial charge in [0.1, 0.15) is 11.6 Å². The summed E-state index contributed by atoms with van der Waals surface area (Å²) in [5, 5.41) is 16.9. The maximum Gasteiger partial charge on any atom is 0.244 e. The monoisotopic (exact) mass is 288 g/mol. The molecule has 3 N–H and O–H groups in total. The molecule has 0 amide bonds. The molecule has 3 rings (SSSR count). The first-order valence-electron chi connectivity index (χ1n) is 7.42. The smallest absolute Gasteiger partial charge is 0.244 e. The van der Waals surface area contributed by atoms with Gasteiger partial charge in [-0.15, -0.1) is 5.10 Å². The summed E-state index contributed by atoms with van der Waals surface area (Å²) < 4.78 is 11.3. The number of aromatic nitrogens is 2. The van der Waals surface area contributed by atoms with Crippen molar-refractivity contribution in [1.29, 1.82) is 5.26 Å². The van der Waals surface area contributed by atoms with Crippen molar-refractivity contribution in [3.63, 3.8) is 0 Å². The van der Waals surface area contributed by atoms with E-state index in [4.69, 9.17) is 15.2 Å². The highest BCUT2D eigenvalue weighted by molar-refractivity contribution is 5.56. The van der Waals surface area contributed by atoms with E-state index in [-0.39, 0.29) is 12.0 Å². The zero-order valence-corrected chi connectivity index (χ0v) is 12.4. The number of unbranched alkanes of at least 4 members (excludes halogenated alkanes) is 1. The number of ether oxygens (including phenoxy) is 2. The number of aryl methyl sites for hydroxylation is 1. The standard InChI is InChI=1S/C15H20N4O2/c1-3-4-5-11-12-14(19-18-11)21-13(17)10(8-16)15(12)6-7-20-9(15)2/h9H,3-7,17H2,1-2H3,(H,18,19)/t9-,15-/m1/s1. The molecule has 0 saturated carbocycles. The van der Waals surface area contributed by atoms with Crippen LogP contribution in [0.2, 0.25) is 0 Å². The van der Waals surface area contributed by atoms with Gasteiger partial charge in [0.25, 0.3) is 0 Å². The average molecular weight is 288 g/mol. The number of nitriles is 1. The van der Waals surface area contributed by atoms with Crippen LogP contribution in [0.1, 0.15) is 44.4 Å². The van der Waals surface area contributed by atoms with Crippen molar-refractivity contribution in [2.75, 3.05) is 6.61 Å². The summed E-state index contributed by atoms with van der Waals surface area (Å²) in [6.07, 6.45) is 3.64. The van der Waals surface area contributed by atoms with Gasteiger partial charge < -0.3 is 15.2 Å². The first-order chi connectivity index (χ1) is 10.1. The van der Waals surface area contributed by atoms with Crippen molar-refractivity contribution in [2.24, 2.45) is 5.73 Å². The Hall–Kier alpha value is -2.00. The van der Waals surface area contributed by atoms with Gasteiger partial charge in [-0.3, -0.25) is 5.10 Å². The first-order valence-corrected chi connectivity index (χ1v) is 7.42. The predicted octanol–water partition coefficient (Wildman–Crippen LogP) is 1.89. The SMILES string of the molecule is CCCCc1[nH]nc2c1[C@@]1(CCO[C@@H]1C)C(C#N)=C(N)O2. The lowest BCUT2D eigenvalue weighted by molar-refractivity contribution is 0.0996. The normalized spacial score (nSPS) is 27.6. The summed E-state index contributed by atoms with van der Waals surface area (Å²) in [7, 11) is 0. The highest BCUT2D eigenvalue weighted by Gasteiger charge is 2.54. The van der Waals surface area contributed by atoms with Crippen LogP contribution in [-0.4, -0.2) is 22.9 Å². The Morgan fingerprint density at radius 1 is 1.57 bits per heavy atom. The molecule has 1 aromatic rings. The van der Waals surface area contributed by atoms with Crippen LogP contribution in [0.15, 0.2) is 11.5 Å². The zero-order chi connectivity index (χ0) is 15.0. The van der Waals surface area contributed by atoms with Crippen molar-refractivity contribution in [3.05, 3.63) is 22.7 Å². The Balaban J connectivity index is 2.17. The Morgan fingerprint density at radius 3 is 3.00 bits per heavy atom.